The summed E-state index contributed by atoms with van der Waals surface area (Å²) >= 11 is 0. The summed E-state index contributed by atoms with van der Waals surface area (Å²) < 4.78 is 27.5. The third kappa shape index (κ3) is 4.76. The number of hydrogen-bond acceptors (Lipinski definition) is 5. The summed E-state index contributed by atoms with van der Waals surface area (Å²) in [6.07, 6.45) is 3.28. The van der Waals surface area contributed by atoms with Crippen molar-refractivity contribution in [2.75, 3.05) is 19.6 Å². The third-order valence-corrected chi connectivity index (χ3v) is 6.04. The Balaban J connectivity index is 2.11. The van der Waals surface area contributed by atoms with Crippen molar-refractivity contribution in [3.05, 3.63) is 33.4 Å². The molecule has 1 heterocycles. The van der Waals surface area contributed by atoms with Gasteiger partial charge in [-0.1, -0.05) is 6.42 Å². The van der Waals surface area contributed by atoms with Gasteiger partial charge in [-0.05, 0) is 37.8 Å². The van der Waals surface area contributed by atoms with Crippen molar-refractivity contribution in [2.45, 2.75) is 44.4 Å². The van der Waals surface area contributed by atoms with Crippen LogP contribution in [0.1, 0.15) is 36.8 Å². The Bertz CT molecular complexity index is 776. The van der Waals surface area contributed by atoms with E-state index in [1.807, 2.05) is 0 Å². The number of amides is 1. The number of likely N-dealkylation sites (tertiary alicyclic amines) is 1. The number of carbonyl (C=O) groups excluding carboxylic acids is 1. The molecule has 1 aliphatic heterocycles. The van der Waals surface area contributed by atoms with Crippen LogP contribution in [0, 0.1) is 24.0 Å². The quantitative estimate of drug-likeness (QED) is 0.608. The standard InChI is InChI=1S/C16H23N3O5S/c1-12-10-14(19(21)22)11-15(13(12)2)25(23,24)17-7-9-18-8-5-3-4-6-16(18)20/h10-11,17H,3-9H2,1-2H3. The molecule has 1 saturated heterocycles. The number of carbonyl (C=O) groups is 1. The molecule has 0 bridgehead atoms. The molecule has 0 aliphatic carbocycles. The largest absolute Gasteiger partial charge is 0.341 e. The van der Waals surface area contributed by atoms with E-state index in [1.165, 1.54) is 6.07 Å². The lowest BCUT2D eigenvalue weighted by molar-refractivity contribution is -0.385. The second kappa shape index (κ2) is 7.92. The number of rotatable bonds is 6. The summed E-state index contributed by atoms with van der Waals surface area (Å²) in [5, 5.41) is 11.0. The summed E-state index contributed by atoms with van der Waals surface area (Å²) in [5.41, 5.74) is 0.757. The Morgan fingerprint density at radius 2 is 1.96 bits per heavy atom. The zero-order valence-electron chi connectivity index (χ0n) is 14.4. The van der Waals surface area contributed by atoms with Crippen LogP contribution in [0.5, 0.6) is 0 Å². The fourth-order valence-corrected chi connectivity index (χ4v) is 4.22. The number of nitro benzene ring substituents is 1. The number of aryl methyl sites for hydroxylation is 1. The minimum atomic E-state index is -3.89. The van der Waals surface area contributed by atoms with E-state index in [-0.39, 0.29) is 23.0 Å². The number of hydrogen-bond donors (Lipinski definition) is 1. The van der Waals surface area contributed by atoms with Gasteiger partial charge in [-0.2, -0.15) is 0 Å². The highest BCUT2D eigenvalue weighted by molar-refractivity contribution is 7.89. The van der Waals surface area contributed by atoms with Crippen molar-refractivity contribution >= 4 is 21.6 Å². The maximum Gasteiger partial charge on any atom is 0.271 e. The Morgan fingerprint density at radius 1 is 1.24 bits per heavy atom. The van der Waals surface area contributed by atoms with Crippen LogP contribution in [0.4, 0.5) is 5.69 Å². The molecule has 1 fully saturated rings. The van der Waals surface area contributed by atoms with E-state index < -0.39 is 14.9 Å². The van der Waals surface area contributed by atoms with Crippen molar-refractivity contribution in [3.63, 3.8) is 0 Å². The fraction of sp³-hybridized carbons (Fsp3) is 0.562. The van der Waals surface area contributed by atoms with Crippen molar-refractivity contribution in [2.24, 2.45) is 0 Å². The molecule has 1 N–H and O–H groups in total. The Morgan fingerprint density at radius 3 is 2.64 bits per heavy atom. The zero-order valence-corrected chi connectivity index (χ0v) is 15.3. The van der Waals surface area contributed by atoms with Crippen LogP contribution in [-0.2, 0) is 14.8 Å². The normalized spacial score (nSPS) is 15.9. The molecule has 2 rings (SSSR count). The average Bonchev–Trinajstić information content (AvgIpc) is 2.74. The molecule has 0 aromatic heterocycles. The highest BCUT2D eigenvalue weighted by atomic mass is 32.2. The second-order valence-electron chi connectivity index (χ2n) is 6.23. The summed E-state index contributed by atoms with van der Waals surface area (Å²) in [6.45, 7) is 4.26. The monoisotopic (exact) mass is 369 g/mol. The fourth-order valence-electron chi connectivity index (χ4n) is 2.86. The van der Waals surface area contributed by atoms with Crippen LogP contribution in [0.3, 0.4) is 0 Å². The molecule has 0 saturated carbocycles. The van der Waals surface area contributed by atoms with Crippen LogP contribution < -0.4 is 4.72 Å². The average molecular weight is 369 g/mol. The van der Waals surface area contributed by atoms with Gasteiger partial charge in [-0.3, -0.25) is 14.9 Å². The van der Waals surface area contributed by atoms with Gasteiger partial charge in [-0.25, -0.2) is 13.1 Å². The first-order chi connectivity index (χ1) is 11.7. The maximum atomic E-state index is 12.5. The number of benzene rings is 1. The van der Waals surface area contributed by atoms with Crippen LogP contribution in [0.25, 0.3) is 0 Å². The summed E-state index contributed by atoms with van der Waals surface area (Å²) in [6, 6.07) is 2.42. The van der Waals surface area contributed by atoms with E-state index in [2.05, 4.69) is 4.72 Å². The van der Waals surface area contributed by atoms with Gasteiger partial charge < -0.3 is 4.90 Å². The van der Waals surface area contributed by atoms with E-state index in [0.717, 1.165) is 25.3 Å². The molecule has 138 valence electrons. The molecular formula is C16H23N3O5S. The van der Waals surface area contributed by atoms with Gasteiger partial charge >= 0.3 is 0 Å². The van der Waals surface area contributed by atoms with Gasteiger partial charge in [-0.15, -0.1) is 0 Å². The second-order valence-corrected chi connectivity index (χ2v) is 7.97. The molecule has 1 aliphatic rings. The van der Waals surface area contributed by atoms with Crippen LogP contribution in [-0.4, -0.2) is 43.8 Å². The highest BCUT2D eigenvalue weighted by Gasteiger charge is 2.23. The number of nitro groups is 1. The van der Waals surface area contributed by atoms with Crippen molar-refractivity contribution in [1.82, 2.24) is 9.62 Å². The summed E-state index contributed by atoms with van der Waals surface area (Å²) in [4.78, 5) is 23.9. The van der Waals surface area contributed by atoms with Gasteiger partial charge in [0, 0.05) is 38.2 Å². The van der Waals surface area contributed by atoms with Gasteiger partial charge in [0.1, 0.15) is 0 Å². The smallest absolute Gasteiger partial charge is 0.271 e. The summed E-state index contributed by atoms with van der Waals surface area (Å²) in [7, 11) is -3.89. The van der Waals surface area contributed by atoms with E-state index in [1.54, 1.807) is 18.7 Å². The highest BCUT2D eigenvalue weighted by Crippen LogP contribution is 2.25. The third-order valence-electron chi connectivity index (χ3n) is 4.45. The molecule has 9 heteroatoms. The lowest BCUT2D eigenvalue weighted by Gasteiger charge is -2.20. The molecule has 0 spiro atoms. The molecule has 1 amide bonds. The van der Waals surface area contributed by atoms with Gasteiger partial charge in [0.05, 0.1) is 9.82 Å². The predicted molar refractivity (Wildman–Crippen MR) is 92.8 cm³/mol. The SMILES string of the molecule is Cc1cc([N+](=O)[O-])cc(S(=O)(=O)NCCN2CCCCCC2=O)c1C. The minimum Gasteiger partial charge on any atom is -0.341 e. The van der Waals surface area contributed by atoms with Gasteiger partial charge in [0.15, 0.2) is 0 Å². The van der Waals surface area contributed by atoms with E-state index >= 15 is 0 Å². The number of sulfonamides is 1. The molecule has 1 aromatic carbocycles. The van der Waals surface area contributed by atoms with Crippen molar-refractivity contribution < 1.29 is 18.1 Å². The van der Waals surface area contributed by atoms with E-state index in [9.17, 15) is 23.3 Å². The Labute approximate surface area is 147 Å². The molecule has 0 atom stereocenters. The molecular weight excluding hydrogens is 346 g/mol. The molecule has 8 nitrogen and oxygen atoms in total. The molecule has 25 heavy (non-hydrogen) atoms. The first-order valence-corrected chi connectivity index (χ1v) is 9.74. The lowest BCUT2D eigenvalue weighted by atomic mass is 10.1. The van der Waals surface area contributed by atoms with Crippen molar-refractivity contribution in [1.29, 1.82) is 0 Å². The predicted octanol–water partition coefficient (Wildman–Crippen LogP) is 1.89. The van der Waals surface area contributed by atoms with Crippen LogP contribution in [0.2, 0.25) is 0 Å². The van der Waals surface area contributed by atoms with Crippen LogP contribution in [0.15, 0.2) is 17.0 Å². The van der Waals surface area contributed by atoms with Crippen LogP contribution >= 0.6 is 0 Å². The van der Waals surface area contributed by atoms with E-state index in [4.69, 9.17) is 0 Å². The maximum absolute atomic E-state index is 12.5. The molecule has 0 unspecified atom stereocenters. The zero-order chi connectivity index (χ0) is 18.6. The summed E-state index contributed by atoms with van der Waals surface area (Å²) in [5.74, 6) is 0.0408. The first kappa shape index (κ1) is 19.3. The number of nitrogens with zero attached hydrogens (tertiary/aromatic N) is 2. The van der Waals surface area contributed by atoms with Crippen molar-refractivity contribution in [3.8, 4) is 0 Å². The van der Waals surface area contributed by atoms with Gasteiger partial charge in [0.25, 0.3) is 5.69 Å². The number of nitrogens with one attached hydrogen (secondary N) is 1. The first-order valence-electron chi connectivity index (χ1n) is 8.25. The Hall–Kier alpha value is -2.00. The molecule has 0 radical (unpaired) electrons. The topological polar surface area (TPSA) is 110 Å². The Kier molecular flexibility index (Phi) is 6.12. The van der Waals surface area contributed by atoms with E-state index in [0.29, 0.717) is 30.6 Å². The minimum absolute atomic E-state index is 0.0408. The van der Waals surface area contributed by atoms with Gasteiger partial charge in [0.2, 0.25) is 15.9 Å². The lowest BCUT2D eigenvalue weighted by Crippen LogP contribution is -2.38. The number of non-ortho nitro benzene ring substituents is 1. The molecule has 1 aromatic rings.